The van der Waals surface area contributed by atoms with Gasteiger partial charge in [-0.2, -0.15) is 0 Å². The minimum absolute atomic E-state index is 0.0257. The van der Waals surface area contributed by atoms with E-state index in [1.54, 1.807) is 0 Å². The molecule has 3 fully saturated rings. The van der Waals surface area contributed by atoms with E-state index in [0.717, 1.165) is 52.0 Å². The van der Waals surface area contributed by atoms with Gasteiger partial charge in [0.2, 0.25) is 5.91 Å². The number of rotatable bonds is 2. The van der Waals surface area contributed by atoms with Crippen molar-refractivity contribution in [2.24, 2.45) is 5.92 Å². The molecule has 0 N–H and O–H groups in total. The summed E-state index contributed by atoms with van der Waals surface area (Å²) in [6.07, 6.45) is 3.96. The van der Waals surface area contributed by atoms with E-state index < -0.39 is 0 Å². The molecule has 5 heteroatoms. The number of ether oxygens (including phenoxy) is 2. The average molecular weight is 282 g/mol. The van der Waals surface area contributed by atoms with Crippen molar-refractivity contribution in [2.75, 3.05) is 47.0 Å². The van der Waals surface area contributed by atoms with Crippen molar-refractivity contribution in [2.45, 2.75) is 37.3 Å². The average Bonchev–Trinajstić information content (AvgIpc) is 3.09. The Balaban J connectivity index is 1.53. The topological polar surface area (TPSA) is 42.0 Å². The number of likely N-dealkylation sites (N-methyl/N-ethyl adjacent to an activating group) is 1. The van der Waals surface area contributed by atoms with Gasteiger partial charge >= 0.3 is 0 Å². The summed E-state index contributed by atoms with van der Waals surface area (Å²) in [6.45, 7) is 3.86. The molecule has 1 spiro atoms. The second kappa shape index (κ2) is 5.62. The normalized spacial score (nSPS) is 33.2. The summed E-state index contributed by atoms with van der Waals surface area (Å²) in [5.74, 6) is 0.391. The lowest BCUT2D eigenvalue weighted by Crippen LogP contribution is -2.48. The highest BCUT2D eigenvalue weighted by Crippen LogP contribution is 2.37. The third-order valence-corrected chi connectivity index (χ3v) is 5.19. The van der Waals surface area contributed by atoms with Crippen LogP contribution < -0.4 is 0 Å². The van der Waals surface area contributed by atoms with E-state index >= 15 is 0 Å². The number of likely N-dealkylation sites (tertiary alicyclic amines) is 1. The van der Waals surface area contributed by atoms with Gasteiger partial charge in [0.15, 0.2) is 0 Å². The van der Waals surface area contributed by atoms with Gasteiger partial charge in [-0.15, -0.1) is 0 Å². The van der Waals surface area contributed by atoms with Gasteiger partial charge in [0.25, 0.3) is 0 Å². The molecule has 0 radical (unpaired) electrons. The van der Waals surface area contributed by atoms with Crippen LogP contribution in [0.3, 0.4) is 0 Å². The van der Waals surface area contributed by atoms with Crippen molar-refractivity contribution >= 4 is 5.91 Å². The van der Waals surface area contributed by atoms with Gasteiger partial charge in [-0.3, -0.25) is 4.79 Å². The van der Waals surface area contributed by atoms with Crippen LogP contribution in [0.15, 0.2) is 0 Å². The Morgan fingerprint density at radius 1 is 1.25 bits per heavy atom. The maximum atomic E-state index is 12.4. The van der Waals surface area contributed by atoms with E-state index in [9.17, 15) is 4.79 Å². The summed E-state index contributed by atoms with van der Waals surface area (Å²) in [6, 6.07) is 0.528. The first kappa shape index (κ1) is 14.3. The molecule has 0 saturated carbocycles. The first-order chi connectivity index (χ1) is 9.60. The maximum absolute atomic E-state index is 12.4. The molecular weight excluding hydrogens is 256 g/mol. The first-order valence-electron chi connectivity index (χ1n) is 7.77. The van der Waals surface area contributed by atoms with Crippen molar-refractivity contribution in [1.82, 2.24) is 9.80 Å². The van der Waals surface area contributed by atoms with Crippen molar-refractivity contribution in [3.05, 3.63) is 0 Å². The standard InChI is InChI=1S/C15H26N2O3/c1-16(2)13-9-15(20-11-13)4-6-17(7-5-15)14(18)12-3-8-19-10-12/h12-13H,3-11H2,1-2H3. The predicted octanol–water partition coefficient (Wildman–Crippen LogP) is 0.735. The molecule has 3 saturated heterocycles. The Bertz CT molecular complexity index is 358. The minimum atomic E-state index is 0.0257. The highest BCUT2D eigenvalue weighted by Gasteiger charge is 2.44. The highest BCUT2D eigenvalue weighted by molar-refractivity contribution is 5.79. The Hall–Kier alpha value is -0.650. The quantitative estimate of drug-likeness (QED) is 0.749. The third kappa shape index (κ3) is 2.71. The second-order valence-corrected chi connectivity index (χ2v) is 6.70. The summed E-state index contributed by atoms with van der Waals surface area (Å²) in [4.78, 5) is 16.6. The highest BCUT2D eigenvalue weighted by atomic mass is 16.5. The van der Waals surface area contributed by atoms with E-state index in [2.05, 4.69) is 19.0 Å². The molecule has 3 rings (SSSR count). The fraction of sp³-hybridized carbons (Fsp3) is 0.933. The second-order valence-electron chi connectivity index (χ2n) is 6.70. The van der Waals surface area contributed by atoms with Gasteiger partial charge in [0.05, 0.1) is 24.7 Å². The van der Waals surface area contributed by atoms with E-state index in [-0.39, 0.29) is 11.5 Å². The van der Waals surface area contributed by atoms with Crippen molar-refractivity contribution in [3.8, 4) is 0 Å². The lowest BCUT2D eigenvalue weighted by Gasteiger charge is -2.39. The molecule has 1 amide bonds. The number of carbonyl (C=O) groups is 1. The zero-order chi connectivity index (χ0) is 14.2. The fourth-order valence-electron chi connectivity index (χ4n) is 3.62. The van der Waals surface area contributed by atoms with Gasteiger partial charge in [0, 0.05) is 25.7 Å². The van der Waals surface area contributed by atoms with Crippen LogP contribution in [0.25, 0.3) is 0 Å². The smallest absolute Gasteiger partial charge is 0.228 e. The SMILES string of the molecule is CN(C)C1COC2(CCN(C(=O)C3CCOC3)CC2)C1. The van der Waals surface area contributed by atoms with E-state index in [1.807, 2.05) is 4.90 Å². The molecule has 3 aliphatic heterocycles. The summed E-state index contributed by atoms with van der Waals surface area (Å²) in [5.41, 5.74) is 0.0257. The molecule has 0 aromatic heterocycles. The van der Waals surface area contributed by atoms with Gasteiger partial charge in [-0.1, -0.05) is 0 Å². The Morgan fingerprint density at radius 2 is 2.00 bits per heavy atom. The van der Waals surface area contributed by atoms with Crippen LogP contribution in [-0.4, -0.2) is 74.4 Å². The van der Waals surface area contributed by atoms with E-state index in [4.69, 9.17) is 9.47 Å². The van der Waals surface area contributed by atoms with Crippen molar-refractivity contribution < 1.29 is 14.3 Å². The molecule has 3 aliphatic rings. The lowest BCUT2D eigenvalue weighted by atomic mass is 9.86. The molecule has 114 valence electrons. The molecule has 20 heavy (non-hydrogen) atoms. The van der Waals surface area contributed by atoms with Crippen molar-refractivity contribution in [1.29, 1.82) is 0 Å². The molecule has 0 aromatic carbocycles. The number of nitrogens with zero attached hydrogens (tertiary/aromatic N) is 2. The van der Waals surface area contributed by atoms with E-state index in [1.165, 1.54) is 0 Å². The molecule has 2 unspecified atom stereocenters. The first-order valence-corrected chi connectivity index (χ1v) is 7.77. The summed E-state index contributed by atoms with van der Waals surface area (Å²) >= 11 is 0. The Labute approximate surface area is 121 Å². The zero-order valence-corrected chi connectivity index (χ0v) is 12.6. The predicted molar refractivity (Wildman–Crippen MR) is 75.5 cm³/mol. The van der Waals surface area contributed by atoms with Crippen LogP contribution in [0.1, 0.15) is 25.7 Å². The largest absolute Gasteiger partial charge is 0.381 e. The fourth-order valence-corrected chi connectivity index (χ4v) is 3.62. The minimum Gasteiger partial charge on any atom is -0.381 e. The number of hydrogen-bond acceptors (Lipinski definition) is 4. The van der Waals surface area contributed by atoms with Crippen molar-refractivity contribution in [3.63, 3.8) is 0 Å². The summed E-state index contributed by atoms with van der Waals surface area (Å²) in [5, 5.41) is 0. The van der Waals surface area contributed by atoms with Gasteiger partial charge in [0.1, 0.15) is 0 Å². The van der Waals surface area contributed by atoms with Crippen LogP contribution in [0, 0.1) is 5.92 Å². The number of hydrogen-bond donors (Lipinski definition) is 0. The molecule has 0 bridgehead atoms. The van der Waals surface area contributed by atoms with Gasteiger partial charge in [-0.05, 0) is 39.8 Å². The monoisotopic (exact) mass is 282 g/mol. The molecule has 2 atom stereocenters. The maximum Gasteiger partial charge on any atom is 0.228 e. The lowest BCUT2D eigenvalue weighted by molar-refractivity contribution is -0.140. The van der Waals surface area contributed by atoms with Crippen LogP contribution in [-0.2, 0) is 14.3 Å². The Morgan fingerprint density at radius 3 is 2.55 bits per heavy atom. The Kier molecular flexibility index (Phi) is 4.02. The van der Waals surface area contributed by atoms with E-state index in [0.29, 0.717) is 18.6 Å². The number of carbonyl (C=O) groups excluding carboxylic acids is 1. The number of piperidine rings is 1. The number of amides is 1. The third-order valence-electron chi connectivity index (χ3n) is 5.19. The van der Waals surface area contributed by atoms with Gasteiger partial charge in [-0.25, -0.2) is 0 Å². The molecule has 5 nitrogen and oxygen atoms in total. The zero-order valence-electron chi connectivity index (χ0n) is 12.6. The molecule has 3 heterocycles. The molecular formula is C15H26N2O3. The summed E-state index contributed by atoms with van der Waals surface area (Å²) < 4.78 is 11.4. The van der Waals surface area contributed by atoms with Crippen LogP contribution >= 0.6 is 0 Å². The van der Waals surface area contributed by atoms with Gasteiger partial charge < -0.3 is 19.3 Å². The molecule has 0 aromatic rings. The van der Waals surface area contributed by atoms with Crippen LogP contribution in [0.5, 0.6) is 0 Å². The van der Waals surface area contributed by atoms with Crippen LogP contribution in [0.2, 0.25) is 0 Å². The molecule has 0 aliphatic carbocycles. The van der Waals surface area contributed by atoms with Crippen LogP contribution in [0.4, 0.5) is 0 Å². The summed E-state index contributed by atoms with van der Waals surface area (Å²) in [7, 11) is 4.23.